The molecular formula is C16H18N2O2S. The number of nitro groups is 1. The van der Waals surface area contributed by atoms with Gasteiger partial charge in [-0.15, -0.1) is 0 Å². The average Bonchev–Trinajstić information content (AvgIpc) is 2.49. The molecule has 1 N–H and O–H groups in total. The Hall–Kier alpha value is -2.01. The molecule has 5 heteroatoms. The summed E-state index contributed by atoms with van der Waals surface area (Å²) in [4.78, 5) is 10.6. The van der Waals surface area contributed by atoms with Crippen LogP contribution in [0.25, 0.3) is 0 Å². The fraction of sp³-hybridized carbons (Fsp3) is 0.250. The standard InChI is InChI=1S/C16H18N2O2S/c1-2-17-15-10-14(8-9-16(15)18(19)20)12-21-11-13-6-4-3-5-7-13/h3-10,17H,2,11-12H2,1H3. The Labute approximate surface area is 128 Å². The van der Waals surface area contributed by atoms with E-state index in [1.54, 1.807) is 17.8 Å². The number of hydrogen-bond donors (Lipinski definition) is 1. The number of nitro benzene ring substituents is 1. The van der Waals surface area contributed by atoms with Crippen molar-refractivity contribution >= 4 is 23.1 Å². The predicted octanol–water partition coefficient (Wildman–Crippen LogP) is 4.46. The van der Waals surface area contributed by atoms with Gasteiger partial charge in [0.05, 0.1) is 4.92 Å². The van der Waals surface area contributed by atoms with Crippen LogP contribution in [-0.2, 0) is 11.5 Å². The third-order valence-electron chi connectivity index (χ3n) is 3.01. The summed E-state index contributed by atoms with van der Waals surface area (Å²) in [6.45, 7) is 2.60. The quantitative estimate of drug-likeness (QED) is 0.606. The zero-order chi connectivity index (χ0) is 15.1. The van der Waals surface area contributed by atoms with Crippen LogP contribution in [0, 0.1) is 10.1 Å². The van der Waals surface area contributed by atoms with Gasteiger partial charge in [0.25, 0.3) is 5.69 Å². The van der Waals surface area contributed by atoms with Gasteiger partial charge in [-0.2, -0.15) is 11.8 Å². The van der Waals surface area contributed by atoms with Crippen molar-refractivity contribution in [2.24, 2.45) is 0 Å². The van der Waals surface area contributed by atoms with Crippen molar-refractivity contribution in [2.45, 2.75) is 18.4 Å². The SMILES string of the molecule is CCNc1cc(CSCc2ccccc2)ccc1[N+](=O)[O-]. The number of nitrogens with zero attached hydrogens (tertiary/aromatic N) is 1. The number of thioether (sulfide) groups is 1. The smallest absolute Gasteiger partial charge is 0.292 e. The second kappa shape index (κ2) is 7.69. The zero-order valence-corrected chi connectivity index (χ0v) is 12.7. The first-order valence-electron chi connectivity index (χ1n) is 6.83. The van der Waals surface area contributed by atoms with E-state index >= 15 is 0 Å². The first kappa shape index (κ1) is 15.4. The molecule has 0 aromatic heterocycles. The van der Waals surface area contributed by atoms with E-state index in [-0.39, 0.29) is 10.6 Å². The highest BCUT2D eigenvalue weighted by Crippen LogP contribution is 2.27. The predicted molar refractivity (Wildman–Crippen MR) is 88.7 cm³/mol. The van der Waals surface area contributed by atoms with Gasteiger partial charge in [0.1, 0.15) is 5.69 Å². The lowest BCUT2D eigenvalue weighted by molar-refractivity contribution is -0.384. The number of benzene rings is 2. The molecular weight excluding hydrogens is 284 g/mol. The molecule has 0 aliphatic heterocycles. The molecule has 2 aromatic carbocycles. The molecule has 0 saturated heterocycles. The van der Waals surface area contributed by atoms with Gasteiger partial charge in [0.15, 0.2) is 0 Å². The van der Waals surface area contributed by atoms with E-state index in [4.69, 9.17) is 0 Å². The Bertz CT molecular complexity index is 602. The molecule has 2 rings (SSSR count). The van der Waals surface area contributed by atoms with Crippen LogP contribution in [-0.4, -0.2) is 11.5 Å². The highest BCUT2D eigenvalue weighted by molar-refractivity contribution is 7.97. The molecule has 0 fully saturated rings. The van der Waals surface area contributed by atoms with Gasteiger partial charge in [-0.05, 0) is 24.1 Å². The Balaban J connectivity index is 2.00. The summed E-state index contributed by atoms with van der Waals surface area (Å²) >= 11 is 1.80. The Morgan fingerprint density at radius 2 is 1.81 bits per heavy atom. The number of anilines is 1. The lowest BCUT2D eigenvalue weighted by Gasteiger charge is -2.07. The molecule has 0 amide bonds. The van der Waals surface area contributed by atoms with Gasteiger partial charge in [-0.1, -0.05) is 36.4 Å². The highest BCUT2D eigenvalue weighted by Gasteiger charge is 2.13. The van der Waals surface area contributed by atoms with Crippen LogP contribution in [0.3, 0.4) is 0 Å². The van der Waals surface area contributed by atoms with Gasteiger partial charge < -0.3 is 5.32 Å². The summed E-state index contributed by atoms with van der Waals surface area (Å²) < 4.78 is 0. The van der Waals surface area contributed by atoms with Crippen molar-refractivity contribution in [3.63, 3.8) is 0 Å². The monoisotopic (exact) mass is 302 g/mol. The third kappa shape index (κ3) is 4.49. The zero-order valence-electron chi connectivity index (χ0n) is 11.9. The summed E-state index contributed by atoms with van der Waals surface area (Å²) in [5.41, 5.74) is 3.11. The largest absolute Gasteiger partial charge is 0.380 e. The second-order valence-corrected chi connectivity index (χ2v) is 5.60. The molecule has 4 nitrogen and oxygen atoms in total. The maximum Gasteiger partial charge on any atom is 0.292 e. The van der Waals surface area contributed by atoms with E-state index in [0.717, 1.165) is 17.1 Å². The van der Waals surface area contributed by atoms with Crippen LogP contribution in [0.2, 0.25) is 0 Å². The summed E-state index contributed by atoms with van der Waals surface area (Å²) in [7, 11) is 0. The van der Waals surface area contributed by atoms with Crippen LogP contribution in [0.1, 0.15) is 18.1 Å². The Morgan fingerprint density at radius 1 is 1.10 bits per heavy atom. The Kier molecular flexibility index (Phi) is 5.63. The summed E-state index contributed by atoms with van der Waals surface area (Å²) in [5, 5.41) is 14.0. The lowest BCUT2D eigenvalue weighted by atomic mass is 10.2. The van der Waals surface area contributed by atoms with Gasteiger partial charge in [-0.25, -0.2) is 0 Å². The first-order chi connectivity index (χ1) is 10.2. The third-order valence-corrected chi connectivity index (χ3v) is 4.08. The summed E-state index contributed by atoms with van der Waals surface area (Å²) in [5.74, 6) is 1.78. The van der Waals surface area contributed by atoms with Gasteiger partial charge in [-0.3, -0.25) is 10.1 Å². The van der Waals surface area contributed by atoms with Crippen molar-refractivity contribution in [1.82, 2.24) is 0 Å². The van der Waals surface area contributed by atoms with Crippen molar-refractivity contribution in [1.29, 1.82) is 0 Å². The fourth-order valence-electron chi connectivity index (χ4n) is 2.03. The first-order valence-corrected chi connectivity index (χ1v) is 7.99. The maximum atomic E-state index is 11.0. The molecule has 0 spiro atoms. The fourth-order valence-corrected chi connectivity index (χ4v) is 2.97. The molecule has 0 aliphatic carbocycles. The molecule has 2 aromatic rings. The van der Waals surface area contributed by atoms with Crippen molar-refractivity contribution in [2.75, 3.05) is 11.9 Å². The van der Waals surface area contributed by atoms with E-state index in [0.29, 0.717) is 12.2 Å². The number of hydrogen-bond acceptors (Lipinski definition) is 4. The summed E-state index contributed by atoms with van der Waals surface area (Å²) in [6.07, 6.45) is 0. The Morgan fingerprint density at radius 3 is 2.48 bits per heavy atom. The maximum absolute atomic E-state index is 11.0. The van der Waals surface area contributed by atoms with Gasteiger partial charge >= 0.3 is 0 Å². The molecule has 0 unspecified atom stereocenters. The van der Waals surface area contributed by atoms with Gasteiger partial charge in [0.2, 0.25) is 0 Å². The van der Waals surface area contributed by atoms with Crippen LogP contribution in [0.5, 0.6) is 0 Å². The second-order valence-electron chi connectivity index (χ2n) is 4.62. The molecule has 0 radical (unpaired) electrons. The van der Waals surface area contributed by atoms with Crippen LogP contribution in [0.15, 0.2) is 48.5 Å². The van der Waals surface area contributed by atoms with Gasteiger partial charge in [0, 0.05) is 24.1 Å². The minimum absolute atomic E-state index is 0.133. The number of nitrogens with one attached hydrogen (secondary N) is 1. The molecule has 0 saturated carbocycles. The molecule has 0 aliphatic rings. The van der Waals surface area contributed by atoms with E-state index in [2.05, 4.69) is 17.4 Å². The molecule has 0 atom stereocenters. The topological polar surface area (TPSA) is 55.2 Å². The minimum atomic E-state index is -0.348. The van der Waals surface area contributed by atoms with Crippen molar-refractivity contribution in [3.05, 3.63) is 69.8 Å². The minimum Gasteiger partial charge on any atom is -0.380 e. The van der Waals surface area contributed by atoms with Crippen molar-refractivity contribution < 1.29 is 4.92 Å². The summed E-state index contributed by atoms with van der Waals surface area (Å²) in [6, 6.07) is 15.6. The average molecular weight is 302 g/mol. The molecule has 21 heavy (non-hydrogen) atoms. The molecule has 0 heterocycles. The van der Waals surface area contributed by atoms with Crippen molar-refractivity contribution in [3.8, 4) is 0 Å². The number of rotatable bonds is 7. The normalized spacial score (nSPS) is 10.3. The van der Waals surface area contributed by atoms with Crippen LogP contribution >= 0.6 is 11.8 Å². The molecule has 110 valence electrons. The van der Waals surface area contributed by atoms with E-state index in [1.807, 2.05) is 37.3 Å². The van der Waals surface area contributed by atoms with E-state index in [9.17, 15) is 10.1 Å². The lowest BCUT2D eigenvalue weighted by Crippen LogP contribution is -2.01. The van der Waals surface area contributed by atoms with Crippen LogP contribution < -0.4 is 5.32 Å². The highest BCUT2D eigenvalue weighted by atomic mass is 32.2. The van der Waals surface area contributed by atoms with Crippen LogP contribution in [0.4, 0.5) is 11.4 Å². The van der Waals surface area contributed by atoms with E-state index in [1.165, 1.54) is 5.56 Å². The van der Waals surface area contributed by atoms with E-state index < -0.39 is 0 Å². The molecule has 0 bridgehead atoms.